The van der Waals surface area contributed by atoms with Gasteiger partial charge in [0, 0.05) is 37.6 Å². The molecule has 0 amide bonds. The molecule has 1 heterocycles. The van der Waals surface area contributed by atoms with Crippen LogP contribution >= 0.6 is 0 Å². The molecule has 4 heteroatoms. The Labute approximate surface area is 97.1 Å². The van der Waals surface area contributed by atoms with Crippen LogP contribution in [0.15, 0.2) is 18.3 Å². The lowest BCUT2D eigenvalue weighted by Gasteiger charge is -2.08. The smallest absolute Gasteiger partial charge is 0.127 e. The highest BCUT2D eigenvalue weighted by atomic mass is 16.2. The van der Waals surface area contributed by atoms with Crippen molar-refractivity contribution in [1.29, 1.82) is 0 Å². The first kappa shape index (κ1) is 12.8. The van der Waals surface area contributed by atoms with Gasteiger partial charge in [-0.05, 0) is 32.3 Å². The Balaban J connectivity index is 2.27. The van der Waals surface area contributed by atoms with Gasteiger partial charge in [-0.25, -0.2) is 4.98 Å². The van der Waals surface area contributed by atoms with Crippen molar-refractivity contribution in [2.24, 2.45) is 0 Å². The number of aromatic nitrogens is 1. The number of anilines is 2. The molecule has 1 rings (SSSR count). The van der Waals surface area contributed by atoms with Gasteiger partial charge in [-0.1, -0.05) is 0 Å². The molecule has 3 N–H and O–H groups in total. The summed E-state index contributed by atoms with van der Waals surface area (Å²) >= 11 is 0. The SMILES string of the molecule is CCNc1cc(NCCCCCO)ccn1. The van der Waals surface area contributed by atoms with Gasteiger partial charge in [-0.2, -0.15) is 0 Å². The molecule has 90 valence electrons. The molecule has 1 aromatic rings. The zero-order valence-electron chi connectivity index (χ0n) is 9.87. The first-order valence-electron chi connectivity index (χ1n) is 5.91. The normalized spacial score (nSPS) is 10.1. The number of aliphatic hydroxyl groups excluding tert-OH is 1. The molecular formula is C12H21N3O. The second-order valence-corrected chi connectivity index (χ2v) is 3.67. The molecule has 0 unspecified atom stereocenters. The third kappa shape index (κ3) is 4.98. The Morgan fingerprint density at radius 3 is 2.88 bits per heavy atom. The summed E-state index contributed by atoms with van der Waals surface area (Å²) < 4.78 is 0. The zero-order chi connectivity index (χ0) is 11.6. The predicted octanol–water partition coefficient (Wildman–Crippen LogP) is 2.09. The fraction of sp³-hybridized carbons (Fsp3) is 0.583. The van der Waals surface area contributed by atoms with E-state index < -0.39 is 0 Å². The molecule has 0 aliphatic heterocycles. The molecule has 0 bridgehead atoms. The number of rotatable bonds is 8. The molecule has 0 saturated heterocycles. The Hall–Kier alpha value is -1.29. The van der Waals surface area contributed by atoms with E-state index in [2.05, 4.69) is 22.5 Å². The summed E-state index contributed by atoms with van der Waals surface area (Å²) in [6.45, 7) is 4.17. The molecule has 0 atom stereocenters. The first-order valence-corrected chi connectivity index (χ1v) is 5.91. The maximum Gasteiger partial charge on any atom is 0.127 e. The quantitative estimate of drug-likeness (QED) is 0.591. The van der Waals surface area contributed by atoms with E-state index in [4.69, 9.17) is 5.11 Å². The van der Waals surface area contributed by atoms with Gasteiger partial charge in [-0.15, -0.1) is 0 Å². The third-order valence-corrected chi connectivity index (χ3v) is 2.28. The van der Waals surface area contributed by atoms with E-state index >= 15 is 0 Å². The Kier molecular flexibility index (Phi) is 6.33. The summed E-state index contributed by atoms with van der Waals surface area (Å²) in [7, 11) is 0. The minimum absolute atomic E-state index is 0.291. The van der Waals surface area contributed by atoms with E-state index in [0.717, 1.165) is 43.9 Å². The number of pyridine rings is 1. The molecule has 0 radical (unpaired) electrons. The van der Waals surface area contributed by atoms with Crippen LogP contribution in [0.4, 0.5) is 11.5 Å². The van der Waals surface area contributed by atoms with Crippen LogP contribution in [0.1, 0.15) is 26.2 Å². The van der Waals surface area contributed by atoms with Crippen LogP contribution in [0.2, 0.25) is 0 Å². The standard InChI is InChI=1S/C12H21N3O/c1-2-13-12-10-11(6-8-15-12)14-7-4-3-5-9-16/h6,8,10,16H,2-5,7,9H2,1H3,(H2,13,14,15). The third-order valence-electron chi connectivity index (χ3n) is 2.28. The van der Waals surface area contributed by atoms with Gasteiger partial charge >= 0.3 is 0 Å². The largest absolute Gasteiger partial charge is 0.396 e. The van der Waals surface area contributed by atoms with Gasteiger partial charge in [0.2, 0.25) is 0 Å². The van der Waals surface area contributed by atoms with Gasteiger partial charge in [0.1, 0.15) is 5.82 Å². The Bertz CT molecular complexity index is 291. The highest BCUT2D eigenvalue weighted by Gasteiger charge is 1.95. The summed E-state index contributed by atoms with van der Waals surface area (Å²) in [4.78, 5) is 4.20. The van der Waals surface area contributed by atoms with Gasteiger partial charge < -0.3 is 15.7 Å². The predicted molar refractivity (Wildman–Crippen MR) is 67.8 cm³/mol. The van der Waals surface area contributed by atoms with Crippen molar-refractivity contribution in [1.82, 2.24) is 4.98 Å². The van der Waals surface area contributed by atoms with E-state index in [-0.39, 0.29) is 0 Å². The van der Waals surface area contributed by atoms with E-state index in [0.29, 0.717) is 6.61 Å². The summed E-state index contributed by atoms with van der Waals surface area (Å²) in [5.74, 6) is 0.905. The van der Waals surface area contributed by atoms with Crippen LogP contribution in [0.5, 0.6) is 0 Å². The fourth-order valence-corrected chi connectivity index (χ4v) is 1.46. The number of hydrogen-bond donors (Lipinski definition) is 3. The van der Waals surface area contributed by atoms with Crippen LogP contribution in [0.25, 0.3) is 0 Å². The maximum absolute atomic E-state index is 8.64. The lowest BCUT2D eigenvalue weighted by molar-refractivity contribution is 0.283. The van der Waals surface area contributed by atoms with Gasteiger partial charge in [0.05, 0.1) is 0 Å². The summed E-state index contributed by atoms with van der Waals surface area (Å²) in [6, 6.07) is 3.97. The molecule has 1 aromatic heterocycles. The van der Waals surface area contributed by atoms with Crippen LogP contribution in [0.3, 0.4) is 0 Å². The molecule has 0 spiro atoms. The lowest BCUT2D eigenvalue weighted by Crippen LogP contribution is -2.04. The number of nitrogens with zero attached hydrogens (tertiary/aromatic N) is 1. The van der Waals surface area contributed by atoms with E-state index in [1.807, 2.05) is 12.1 Å². The number of nitrogens with one attached hydrogen (secondary N) is 2. The van der Waals surface area contributed by atoms with Crippen molar-refractivity contribution < 1.29 is 5.11 Å². The highest BCUT2D eigenvalue weighted by molar-refractivity contribution is 5.51. The van der Waals surface area contributed by atoms with Crippen molar-refractivity contribution in [2.75, 3.05) is 30.3 Å². The molecule has 0 fully saturated rings. The number of aliphatic hydroxyl groups is 1. The second-order valence-electron chi connectivity index (χ2n) is 3.67. The molecule has 16 heavy (non-hydrogen) atoms. The highest BCUT2D eigenvalue weighted by Crippen LogP contribution is 2.11. The Morgan fingerprint density at radius 1 is 1.25 bits per heavy atom. The topological polar surface area (TPSA) is 57.2 Å². The number of hydrogen-bond acceptors (Lipinski definition) is 4. The lowest BCUT2D eigenvalue weighted by atomic mass is 10.2. The summed E-state index contributed by atoms with van der Waals surface area (Å²) in [5, 5.41) is 15.2. The molecule has 4 nitrogen and oxygen atoms in total. The van der Waals surface area contributed by atoms with Crippen LogP contribution in [-0.4, -0.2) is 29.8 Å². The summed E-state index contributed by atoms with van der Waals surface area (Å²) in [6.07, 6.45) is 4.84. The summed E-state index contributed by atoms with van der Waals surface area (Å²) in [5.41, 5.74) is 1.09. The average molecular weight is 223 g/mol. The zero-order valence-corrected chi connectivity index (χ0v) is 9.87. The van der Waals surface area contributed by atoms with Gasteiger partial charge in [-0.3, -0.25) is 0 Å². The minimum atomic E-state index is 0.291. The molecule has 0 aliphatic carbocycles. The molecule has 0 aromatic carbocycles. The number of unbranched alkanes of at least 4 members (excludes halogenated alkanes) is 2. The van der Waals surface area contributed by atoms with Crippen LogP contribution < -0.4 is 10.6 Å². The van der Waals surface area contributed by atoms with Gasteiger partial charge in [0.15, 0.2) is 0 Å². The monoisotopic (exact) mass is 223 g/mol. The maximum atomic E-state index is 8.64. The van der Waals surface area contributed by atoms with Crippen molar-refractivity contribution in [3.05, 3.63) is 18.3 Å². The minimum Gasteiger partial charge on any atom is -0.396 e. The van der Waals surface area contributed by atoms with Crippen LogP contribution in [0, 0.1) is 0 Å². The van der Waals surface area contributed by atoms with Crippen molar-refractivity contribution >= 4 is 11.5 Å². The first-order chi connectivity index (χ1) is 7.86. The van der Waals surface area contributed by atoms with Gasteiger partial charge in [0.25, 0.3) is 0 Å². The van der Waals surface area contributed by atoms with Crippen molar-refractivity contribution in [2.45, 2.75) is 26.2 Å². The average Bonchev–Trinajstić information content (AvgIpc) is 2.30. The Morgan fingerprint density at radius 2 is 2.12 bits per heavy atom. The second kappa shape index (κ2) is 7.93. The van der Waals surface area contributed by atoms with E-state index in [1.54, 1.807) is 6.20 Å². The van der Waals surface area contributed by atoms with E-state index in [1.165, 1.54) is 0 Å². The molecular weight excluding hydrogens is 202 g/mol. The van der Waals surface area contributed by atoms with Crippen molar-refractivity contribution in [3.63, 3.8) is 0 Å². The fourth-order valence-electron chi connectivity index (χ4n) is 1.46. The van der Waals surface area contributed by atoms with Crippen LogP contribution in [-0.2, 0) is 0 Å². The molecule has 0 saturated carbocycles. The van der Waals surface area contributed by atoms with E-state index in [9.17, 15) is 0 Å². The molecule has 0 aliphatic rings. The van der Waals surface area contributed by atoms with Crippen molar-refractivity contribution in [3.8, 4) is 0 Å².